The van der Waals surface area contributed by atoms with E-state index in [9.17, 15) is 14.4 Å². The minimum Gasteiger partial charge on any atom is -0.493 e. The Labute approximate surface area is 219 Å². The van der Waals surface area contributed by atoms with Gasteiger partial charge >= 0.3 is 0 Å². The molecule has 5 aromatic rings. The van der Waals surface area contributed by atoms with Gasteiger partial charge in [-0.3, -0.25) is 24.3 Å². The molecule has 38 heavy (non-hydrogen) atoms. The van der Waals surface area contributed by atoms with Gasteiger partial charge in [0.15, 0.2) is 16.7 Å². The van der Waals surface area contributed by atoms with Crippen LogP contribution in [-0.2, 0) is 4.79 Å². The number of nitrogens with zero attached hydrogens (tertiary/aromatic N) is 3. The molecule has 0 saturated heterocycles. The number of H-pyrrole nitrogens is 1. The number of thioether (sulfide) groups is 1. The first kappa shape index (κ1) is 25.1. The van der Waals surface area contributed by atoms with Crippen LogP contribution in [0.2, 0.25) is 0 Å². The van der Waals surface area contributed by atoms with Gasteiger partial charge in [0.05, 0.1) is 47.6 Å². The van der Waals surface area contributed by atoms with Gasteiger partial charge in [-0.15, -0.1) is 0 Å². The number of fused-ring (bicyclic) bond motifs is 2. The number of amides is 1. The van der Waals surface area contributed by atoms with Gasteiger partial charge in [-0.25, -0.2) is 10.1 Å². The maximum atomic E-state index is 13.5. The Hall–Kier alpha value is -4.58. The predicted molar refractivity (Wildman–Crippen MR) is 144 cm³/mol. The van der Waals surface area contributed by atoms with Crippen LogP contribution in [0.3, 0.4) is 0 Å². The van der Waals surface area contributed by atoms with Crippen molar-refractivity contribution in [3.05, 3.63) is 74.6 Å². The van der Waals surface area contributed by atoms with Gasteiger partial charge in [-0.2, -0.15) is 5.10 Å². The number of methoxy groups -OCH3 is 2. The Morgan fingerprint density at radius 3 is 2.61 bits per heavy atom. The molecule has 0 aliphatic heterocycles. The molecule has 194 valence electrons. The van der Waals surface area contributed by atoms with Crippen LogP contribution in [0.1, 0.15) is 11.5 Å². The molecule has 0 radical (unpaired) electrons. The smallest absolute Gasteiger partial charge is 0.277 e. The van der Waals surface area contributed by atoms with E-state index in [0.717, 1.165) is 11.8 Å². The second-order valence-electron chi connectivity index (χ2n) is 8.30. The van der Waals surface area contributed by atoms with E-state index in [1.165, 1.54) is 18.8 Å². The zero-order chi connectivity index (χ0) is 27.0. The SMILES string of the molecule is COc1ccc(-n2c(SCC(=O)Nc3oc(C)c4c(C)n[nH]c(=O)c34)nc3ccccc3c2=O)cc1OC. The number of hydrogen-bond acceptors (Lipinski definition) is 9. The number of aromatic amines is 1. The highest BCUT2D eigenvalue weighted by Crippen LogP contribution is 2.31. The molecule has 12 heteroatoms. The van der Waals surface area contributed by atoms with Crippen LogP contribution in [0.5, 0.6) is 11.5 Å². The summed E-state index contributed by atoms with van der Waals surface area (Å²) < 4.78 is 17.8. The molecule has 11 nitrogen and oxygen atoms in total. The molecule has 0 aliphatic carbocycles. The Morgan fingerprint density at radius 2 is 1.84 bits per heavy atom. The first-order valence-electron chi connectivity index (χ1n) is 11.5. The molecular weight excluding hydrogens is 510 g/mol. The quantitative estimate of drug-likeness (QED) is 0.237. The van der Waals surface area contributed by atoms with E-state index >= 15 is 0 Å². The van der Waals surface area contributed by atoms with Crippen LogP contribution in [-0.4, -0.2) is 45.6 Å². The summed E-state index contributed by atoms with van der Waals surface area (Å²) in [6.07, 6.45) is 0. The summed E-state index contributed by atoms with van der Waals surface area (Å²) in [5, 5.41) is 10.5. The monoisotopic (exact) mass is 533 g/mol. The third-order valence-electron chi connectivity index (χ3n) is 5.95. The Balaban J connectivity index is 1.51. The van der Waals surface area contributed by atoms with Gasteiger partial charge in [0, 0.05) is 6.07 Å². The normalized spacial score (nSPS) is 11.2. The molecule has 0 fully saturated rings. The zero-order valence-electron chi connectivity index (χ0n) is 20.9. The topological polar surface area (TPSA) is 141 Å². The number of aromatic nitrogens is 4. The van der Waals surface area contributed by atoms with Crippen LogP contribution in [0, 0.1) is 13.8 Å². The van der Waals surface area contributed by atoms with Crippen molar-refractivity contribution in [2.75, 3.05) is 25.3 Å². The van der Waals surface area contributed by atoms with E-state index in [1.807, 2.05) is 0 Å². The number of ether oxygens (including phenoxy) is 2. The molecule has 0 unspecified atom stereocenters. The van der Waals surface area contributed by atoms with Crippen LogP contribution >= 0.6 is 11.8 Å². The van der Waals surface area contributed by atoms with Crippen LogP contribution < -0.4 is 25.9 Å². The second kappa shape index (κ2) is 10.1. The maximum absolute atomic E-state index is 13.5. The van der Waals surface area contributed by atoms with Crippen molar-refractivity contribution in [3.63, 3.8) is 0 Å². The third kappa shape index (κ3) is 4.39. The summed E-state index contributed by atoms with van der Waals surface area (Å²) in [4.78, 5) is 43.5. The maximum Gasteiger partial charge on any atom is 0.277 e. The molecule has 3 aromatic heterocycles. The highest BCUT2D eigenvalue weighted by Gasteiger charge is 2.20. The minimum atomic E-state index is -0.469. The van der Waals surface area contributed by atoms with Crippen molar-refractivity contribution >= 4 is 45.2 Å². The predicted octanol–water partition coefficient (Wildman–Crippen LogP) is 3.58. The van der Waals surface area contributed by atoms with Crippen LogP contribution in [0.15, 0.2) is 61.6 Å². The van der Waals surface area contributed by atoms with Crippen molar-refractivity contribution in [3.8, 4) is 17.2 Å². The summed E-state index contributed by atoms with van der Waals surface area (Å²) in [6, 6.07) is 12.1. The van der Waals surface area contributed by atoms with Crippen LogP contribution in [0.25, 0.3) is 27.4 Å². The number of para-hydroxylation sites is 1. The number of benzene rings is 2. The first-order chi connectivity index (χ1) is 18.3. The molecule has 5 rings (SSSR count). The summed E-state index contributed by atoms with van der Waals surface area (Å²) in [6.45, 7) is 3.43. The molecular formula is C26H23N5O6S. The number of nitrogens with one attached hydrogen (secondary N) is 2. The van der Waals surface area contributed by atoms with Gasteiger partial charge in [0.1, 0.15) is 11.1 Å². The average Bonchev–Trinajstić information content (AvgIpc) is 3.25. The van der Waals surface area contributed by atoms with Gasteiger partial charge in [-0.1, -0.05) is 23.9 Å². The van der Waals surface area contributed by atoms with Crippen molar-refractivity contribution in [1.82, 2.24) is 19.7 Å². The fourth-order valence-electron chi connectivity index (χ4n) is 4.23. The number of furan rings is 1. The lowest BCUT2D eigenvalue weighted by atomic mass is 10.2. The lowest BCUT2D eigenvalue weighted by molar-refractivity contribution is -0.113. The largest absolute Gasteiger partial charge is 0.493 e. The van der Waals surface area contributed by atoms with Crippen LogP contribution in [0.4, 0.5) is 5.88 Å². The summed E-state index contributed by atoms with van der Waals surface area (Å²) in [7, 11) is 3.03. The molecule has 0 spiro atoms. The number of carbonyl (C=O) groups excluding carboxylic acids is 1. The van der Waals surface area contributed by atoms with Gasteiger partial charge < -0.3 is 13.9 Å². The number of aryl methyl sites for hydroxylation is 2. The molecule has 0 aliphatic rings. The summed E-state index contributed by atoms with van der Waals surface area (Å²) in [5.41, 5.74) is 0.807. The lowest BCUT2D eigenvalue weighted by Gasteiger charge is -2.15. The number of carbonyl (C=O) groups is 1. The van der Waals surface area contributed by atoms with Gasteiger partial charge in [0.2, 0.25) is 11.8 Å². The van der Waals surface area contributed by atoms with Gasteiger partial charge in [-0.05, 0) is 38.1 Å². The summed E-state index contributed by atoms with van der Waals surface area (Å²) >= 11 is 1.07. The average molecular weight is 534 g/mol. The number of rotatable bonds is 7. The van der Waals surface area contributed by atoms with E-state index in [0.29, 0.717) is 50.1 Å². The van der Waals surface area contributed by atoms with E-state index in [1.54, 1.807) is 56.3 Å². The highest BCUT2D eigenvalue weighted by atomic mass is 32.2. The standard InChI is InChI=1S/C26H23N5O6S/c1-13-21-14(2)37-24(22(21)23(33)30-29-13)28-20(32)12-38-26-27-17-8-6-5-7-16(17)25(34)31(26)15-9-10-18(35-3)19(11-15)36-4/h5-11H,12H2,1-4H3,(H,28,32)(H,30,33). The summed E-state index contributed by atoms with van der Waals surface area (Å²) in [5.74, 6) is 0.903. The van der Waals surface area contributed by atoms with Gasteiger partial charge in [0.25, 0.3) is 11.1 Å². The van der Waals surface area contributed by atoms with Crippen molar-refractivity contribution in [1.29, 1.82) is 0 Å². The van der Waals surface area contributed by atoms with Crippen molar-refractivity contribution in [2.45, 2.75) is 19.0 Å². The minimum absolute atomic E-state index is 0.0404. The highest BCUT2D eigenvalue weighted by molar-refractivity contribution is 7.99. The number of anilines is 1. The van der Waals surface area contributed by atoms with Crippen molar-refractivity contribution in [2.24, 2.45) is 0 Å². The number of hydrogen-bond donors (Lipinski definition) is 2. The third-order valence-corrected chi connectivity index (χ3v) is 6.89. The fraction of sp³-hybridized carbons (Fsp3) is 0.192. The fourth-order valence-corrected chi connectivity index (χ4v) is 5.04. The van der Waals surface area contributed by atoms with E-state index in [4.69, 9.17) is 13.9 Å². The molecule has 0 atom stereocenters. The molecule has 0 saturated carbocycles. The molecule has 2 N–H and O–H groups in total. The Morgan fingerprint density at radius 1 is 1.08 bits per heavy atom. The lowest BCUT2D eigenvalue weighted by Crippen LogP contribution is -2.23. The van der Waals surface area contributed by atoms with E-state index in [-0.39, 0.29) is 22.6 Å². The second-order valence-corrected chi connectivity index (χ2v) is 9.25. The van der Waals surface area contributed by atoms with Crippen molar-refractivity contribution < 1.29 is 18.7 Å². The Kier molecular flexibility index (Phi) is 6.64. The molecule has 2 aromatic carbocycles. The molecule has 3 heterocycles. The van der Waals surface area contributed by atoms with E-state index in [2.05, 4.69) is 20.5 Å². The van der Waals surface area contributed by atoms with E-state index < -0.39 is 11.5 Å². The molecule has 1 amide bonds. The first-order valence-corrected chi connectivity index (χ1v) is 12.5. The Bertz CT molecular complexity index is 1820. The zero-order valence-corrected chi connectivity index (χ0v) is 21.8. The molecule has 0 bridgehead atoms.